The Kier molecular flexibility index (Phi) is 4.66. The van der Waals surface area contributed by atoms with Crippen LogP contribution in [0.5, 0.6) is 0 Å². The van der Waals surface area contributed by atoms with Crippen LogP contribution in [-0.4, -0.2) is 35.3 Å². The van der Waals surface area contributed by atoms with Crippen LogP contribution in [0.2, 0.25) is 0 Å². The number of urea groups is 1. The number of rotatable bonds is 2. The molecular weight excluding hydrogens is 359 g/mol. The summed E-state index contributed by atoms with van der Waals surface area (Å²) in [5, 5.41) is 6.36. The molecule has 2 aliphatic rings. The molecule has 2 amide bonds. The lowest BCUT2D eigenvalue weighted by Crippen LogP contribution is -2.55. The number of piperidine rings is 1. The van der Waals surface area contributed by atoms with Gasteiger partial charge >= 0.3 is 6.03 Å². The number of carbonyl (C=O) groups excluding carboxylic acids is 2. The van der Waals surface area contributed by atoms with Crippen molar-refractivity contribution >= 4 is 23.2 Å². The van der Waals surface area contributed by atoms with Gasteiger partial charge in [0.15, 0.2) is 5.78 Å². The minimum absolute atomic E-state index is 0.0468. The van der Waals surface area contributed by atoms with Crippen LogP contribution in [0, 0.1) is 5.82 Å². The van der Waals surface area contributed by atoms with Crippen molar-refractivity contribution in [1.29, 1.82) is 0 Å². The number of nitrogens with two attached hydrogens (primary N) is 1. The van der Waals surface area contributed by atoms with Crippen molar-refractivity contribution in [3.05, 3.63) is 59.4 Å². The molecule has 4 rings (SSSR count). The lowest BCUT2D eigenvalue weighted by Gasteiger charge is -2.45. The first-order chi connectivity index (χ1) is 13.4. The molecule has 28 heavy (non-hydrogen) atoms. The summed E-state index contributed by atoms with van der Waals surface area (Å²) in [4.78, 5) is 26.7. The second-order valence-corrected chi connectivity index (χ2v) is 7.58. The zero-order chi connectivity index (χ0) is 19.7. The number of nitrogens with zero attached hydrogens (tertiary/aromatic N) is 1. The van der Waals surface area contributed by atoms with Gasteiger partial charge in [0.25, 0.3) is 0 Å². The molecule has 146 valence electrons. The number of hydrogen-bond donors (Lipinski definition) is 3. The molecule has 0 aromatic heterocycles. The van der Waals surface area contributed by atoms with Crippen molar-refractivity contribution in [3.63, 3.8) is 0 Å². The summed E-state index contributed by atoms with van der Waals surface area (Å²) in [6.45, 7) is 1.56. The van der Waals surface area contributed by atoms with Crippen molar-refractivity contribution in [2.24, 2.45) is 0 Å². The Bertz CT molecular complexity index is 905. The summed E-state index contributed by atoms with van der Waals surface area (Å²) in [5.41, 5.74) is 8.07. The number of amides is 2. The lowest BCUT2D eigenvalue weighted by molar-refractivity contribution is 0.0915. The first kappa shape index (κ1) is 18.3. The fourth-order valence-corrected chi connectivity index (χ4v) is 3.95. The van der Waals surface area contributed by atoms with Gasteiger partial charge in [0.2, 0.25) is 0 Å². The molecule has 0 radical (unpaired) electrons. The van der Waals surface area contributed by atoms with E-state index in [0.29, 0.717) is 55.8 Å². The van der Waals surface area contributed by atoms with E-state index in [0.717, 1.165) is 5.56 Å². The molecule has 0 aliphatic carbocycles. The highest BCUT2D eigenvalue weighted by Crippen LogP contribution is 2.37. The maximum atomic E-state index is 13.4. The Morgan fingerprint density at radius 1 is 1.18 bits per heavy atom. The van der Waals surface area contributed by atoms with E-state index < -0.39 is 5.82 Å². The van der Waals surface area contributed by atoms with Crippen LogP contribution in [-0.2, 0) is 6.54 Å². The summed E-state index contributed by atoms with van der Waals surface area (Å²) in [5.74, 6) is -0.452. The number of fused-ring (bicyclic) bond motifs is 1. The molecule has 6 nitrogen and oxygen atoms in total. The molecule has 0 unspecified atom stereocenters. The fraction of sp³-hybridized carbons (Fsp3) is 0.333. The predicted molar refractivity (Wildman–Crippen MR) is 106 cm³/mol. The lowest BCUT2D eigenvalue weighted by atomic mass is 9.78. The van der Waals surface area contributed by atoms with Gasteiger partial charge in [-0.1, -0.05) is 12.1 Å². The summed E-state index contributed by atoms with van der Waals surface area (Å²) in [6, 6.07) is 11.5. The number of Topliss-reactive ketones (excluding diaryl/α,β-unsaturated/α-hetero) is 1. The third-order valence-corrected chi connectivity index (χ3v) is 5.61. The van der Waals surface area contributed by atoms with Crippen molar-refractivity contribution in [3.8, 4) is 0 Å². The Morgan fingerprint density at radius 2 is 1.89 bits per heavy atom. The van der Waals surface area contributed by atoms with Gasteiger partial charge < -0.3 is 21.3 Å². The molecule has 1 fully saturated rings. The standard InChI is InChI=1S/C21H23FN4O2/c22-15-3-6-18-17(11-15)19(27)12-21(25-18)7-9-26(10-8-21)20(28)24-13-14-1-4-16(23)5-2-14/h1-6,11,25H,7-10,12-13,23H2,(H,24,28). The van der Waals surface area contributed by atoms with E-state index in [2.05, 4.69) is 10.6 Å². The Morgan fingerprint density at radius 3 is 2.61 bits per heavy atom. The van der Waals surface area contributed by atoms with Gasteiger partial charge in [0.1, 0.15) is 5.82 Å². The van der Waals surface area contributed by atoms with Gasteiger partial charge in [-0.05, 0) is 48.7 Å². The van der Waals surface area contributed by atoms with Gasteiger partial charge in [-0.3, -0.25) is 4.79 Å². The second-order valence-electron chi connectivity index (χ2n) is 7.58. The number of halogens is 1. The highest BCUT2D eigenvalue weighted by Gasteiger charge is 2.41. The van der Waals surface area contributed by atoms with Crippen LogP contribution in [0.3, 0.4) is 0 Å². The molecule has 2 aromatic carbocycles. The topological polar surface area (TPSA) is 87.5 Å². The number of hydrogen-bond acceptors (Lipinski definition) is 4. The van der Waals surface area contributed by atoms with E-state index in [9.17, 15) is 14.0 Å². The van der Waals surface area contributed by atoms with E-state index in [1.54, 1.807) is 11.0 Å². The molecule has 1 spiro atoms. The van der Waals surface area contributed by atoms with Crippen LogP contribution in [0.1, 0.15) is 35.2 Å². The molecule has 0 bridgehead atoms. The Balaban J connectivity index is 1.35. The number of ketones is 1. The monoisotopic (exact) mass is 382 g/mol. The molecule has 0 atom stereocenters. The second kappa shape index (κ2) is 7.14. The van der Waals surface area contributed by atoms with Crippen LogP contribution in [0.15, 0.2) is 42.5 Å². The normalized spacial score (nSPS) is 17.8. The van der Waals surface area contributed by atoms with E-state index in [-0.39, 0.29) is 17.4 Å². The van der Waals surface area contributed by atoms with Crippen LogP contribution >= 0.6 is 0 Å². The third kappa shape index (κ3) is 3.65. The Labute approximate surface area is 162 Å². The SMILES string of the molecule is Nc1ccc(CNC(=O)N2CCC3(CC2)CC(=O)c2cc(F)ccc2N3)cc1. The minimum Gasteiger partial charge on any atom is -0.399 e. The number of benzene rings is 2. The van der Waals surface area contributed by atoms with Gasteiger partial charge in [-0.25, -0.2) is 9.18 Å². The van der Waals surface area contributed by atoms with Crippen LogP contribution in [0.25, 0.3) is 0 Å². The van der Waals surface area contributed by atoms with Gasteiger partial charge in [-0.15, -0.1) is 0 Å². The number of anilines is 2. The van der Waals surface area contributed by atoms with E-state index in [1.165, 1.54) is 12.1 Å². The average Bonchev–Trinajstić information content (AvgIpc) is 2.69. The molecule has 7 heteroatoms. The maximum absolute atomic E-state index is 13.4. The molecule has 4 N–H and O–H groups in total. The Hall–Kier alpha value is -3.09. The average molecular weight is 382 g/mol. The van der Waals surface area contributed by atoms with Gasteiger partial charge in [-0.2, -0.15) is 0 Å². The molecule has 2 aromatic rings. The van der Waals surface area contributed by atoms with Crippen molar-refractivity contribution in [1.82, 2.24) is 10.2 Å². The maximum Gasteiger partial charge on any atom is 0.317 e. The summed E-state index contributed by atoms with van der Waals surface area (Å²) >= 11 is 0. The quantitative estimate of drug-likeness (QED) is 0.697. The van der Waals surface area contributed by atoms with Crippen LogP contribution < -0.4 is 16.4 Å². The van der Waals surface area contributed by atoms with Gasteiger partial charge in [0.05, 0.1) is 0 Å². The number of likely N-dealkylation sites (tertiary alicyclic amines) is 1. The zero-order valence-corrected chi connectivity index (χ0v) is 15.5. The highest BCUT2D eigenvalue weighted by atomic mass is 19.1. The summed E-state index contributed by atoms with van der Waals surface area (Å²) < 4.78 is 13.4. The summed E-state index contributed by atoms with van der Waals surface area (Å²) in [7, 11) is 0. The van der Waals surface area contributed by atoms with Gasteiger partial charge in [0, 0.05) is 48.5 Å². The molecule has 0 saturated carbocycles. The zero-order valence-electron chi connectivity index (χ0n) is 15.5. The first-order valence-electron chi connectivity index (χ1n) is 9.42. The largest absolute Gasteiger partial charge is 0.399 e. The smallest absolute Gasteiger partial charge is 0.317 e. The van der Waals surface area contributed by atoms with E-state index >= 15 is 0 Å². The van der Waals surface area contributed by atoms with E-state index in [4.69, 9.17) is 5.73 Å². The molecule has 2 aliphatic heterocycles. The number of nitrogens with one attached hydrogen (secondary N) is 2. The third-order valence-electron chi connectivity index (χ3n) is 5.61. The molecular formula is C21H23FN4O2. The first-order valence-corrected chi connectivity index (χ1v) is 9.42. The minimum atomic E-state index is -0.405. The van der Waals surface area contributed by atoms with Crippen molar-refractivity contribution < 1.29 is 14.0 Å². The van der Waals surface area contributed by atoms with Crippen molar-refractivity contribution in [2.75, 3.05) is 24.1 Å². The van der Waals surface area contributed by atoms with Crippen molar-refractivity contribution in [2.45, 2.75) is 31.3 Å². The van der Waals surface area contributed by atoms with Crippen LogP contribution in [0.4, 0.5) is 20.6 Å². The summed E-state index contributed by atoms with van der Waals surface area (Å²) in [6.07, 6.45) is 1.67. The molecule has 1 saturated heterocycles. The predicted octanol–water partition coefficient (Wildman–Crippen LogP) is 3.15. The number of nitrogen functional groups attached to an aromatic ring is 1. The van der Waals surface area contributed by atoms with E-state index in [1.807, 2.05) is 24.3 Å². The number of carbonyl (C=O) groups is 2. The molecule has 2 heterocycles. The highest BCUT2D eigenvalue weighted by molar-refractivity contribution is 6.04. The fourth-order valence-electron chi connectivity index (χ4n) is 3.95.